The molecular weight excluding hydrogens is 375 g/mol. The van der Waals surface area contributed by atoms with Crippen molar-refractivity contribution in [1.82, 2.24) is 10.1 Å². The summed E-state index contributed by atoms with van der Waals surface area (Å²) in [4.78, 5) is 4.12. The van der Waals surface area contributed by atoms with Gasteiger partial charge in [0.1, 0.15) is 11.1 Å². The maximum atomic E-state index is 13.2. The zero-order chi connectivity index (χ0) is 16.5. The molecule has 8 heteroatoms. The lowest BCUT2D eigenvalue weighted by molar-refractivity contribution is 0.369. The summed E-state index contributed by atoms with van der Waals surface area (Å²) < 4.78 is 43.4. The van der Waals surface area contributed by atoms with Gasteiger partial charge in [0.05, 0.1) is 10.2 Å². The van der Waals surface area contributed by atoms with E-state index in [0.29, 0.717) is 11.4 Å². The summed E-state index contributed by atoms with van der Waals surface area (Å²) in [7, 11) is -3.55. The van der Waals surface area contributed by atoms with E-state index in [-0.39, 0.29) is 22.0 Å². The van der Waals surface area contributed by atoms with Crippen LogP contribution >= 0.6 is 15.9 Å². The lowest BCUT2D eigenvalue weighted by atomic mass is 10.2. The monoisotopic (exact) mass is 390 g/mol. The molecule has 1 heterocycles. The molecule has 1 aromatic carbocycles. The van der Waals surface area contributed by atoms with Gasteiger partial charge in [-0.1, -0.05) is 25.1 Å². The Kier molecular flexibility index (Phi) is 5.01. The van der Waals surface area contributed by atoms with E-state index < -0.39 is 20.9 Å². The molecule has 1 unspecified atom stereocenters. The maximum Gasteiger partial charge on any atom is 0.244 e. The first-order valence-corrected chi connectivity index (χ1v) is 9.20. The second kappa shape index (κ2) is 6.45. The molecule has 0 aliphatic rings. The number of halogens is 2. The highest BCUT2D eigenvalue weighted by Crippen LogP contribution is 2.26. The Morgan fingerprint density at radius 3 is 2.55 bits per heavy atom. The van der Waals surface area contributed by atoms with Crippen LogP contribution in [0.25, 0.3) is 0 Å². The van der Waals surface area contributed by atoms with Crippen molar-refractivity contribution in [1.29, 1.82) is 0 Å². The van der Waals surface area contributed by atoms with Crippen molar-refractivity contribution in [2.24, 2.45) is 0 Å². The van der Waals surface area contributed by atoms with Crippen LogP contribution in [0.4, 0.5) is 4.39 Å². The van der Waals surface area contributed by atoms with Gasteiger partial charge in [0.2, 0.25) is 5.89 Å². The van der Waals surface area contributed by atoms with Gasteiger partial charge in [-0.25, -0.2) is 12.8 Å². The Hall–Kier alpha value is -1.28. The molecule has 22 heavy (non-hydrogen) atoms. The van der Waals surface area contributed by atoms with E-state index in [0.717, 1.165) is 0 Å². The first-order chi connectivity index (χ1) is 10.2. The van der Waals surface area contributed by atoms with Crippen molar-refractivity contribution in [2.45, 2.75) is 37.7 Å². The zero-order valence-electron chi connectivity index (χ0n) is 12.4. The largest absolute Gasteiger partial charge is 0.338 e. The highest BCUT2D eigenvalue weighted by Gasteiger charge is 2.28. The third-order valence-electron chi connectivity index (χ3n) is 3.21. The molecule has 1 aromatic heterocycles. The normalized spacial score (nSPS) is 13.5. The summed E-state index contributed by atoms with van der Waals surface area (Å²) in [6.07, 6.45) is 0. The van der Waals surface area contributed by atoms with Gasteiger partial charge < -0.3 is 4.52 Å². The summed E-state index contributed by atoms with van der Waals surface area (Å²) in [5.74, 6) is -0.0634. The minimum absolute atomic E-state index is 0.0560. The Morgan fingerprint density at radius 2 is 2.00 bits per heavy atom. The van der Waals surface area contributed by atoms with Crippen LogP contribution in [0, 0.1) is 5.82 Å². The van der Waals surface area contributed by atoms with Crippen LogP contribution in [-0.4, -0.2) is 18.6 Å². The smallest absolute Gasteiger partial charge is 0.244 e. The van der Waals surface area contributed by atoms with E-state index >= 15 is 0 Å². The SMILES string of the molecule is CC(C)c1noc(C(C)S(=O)(=O)Cc2ccc(F)c(Br)c2)n1. The van der Waals surface area contributed by atoms with Gasteiger partial charge in [-0.15, -0.1) is 0 Å². The molecule has 0 saturated carbocycles. The van der Waals surface area contributed by atoms with Crippen molar-refractivity contribution in [3.05, 3.63) is 45.8 Å². The molecule has 0 bridgehead atoms. The topological polar surface area (TPSA) is 73.1 Å². The number of hydrogen-bond acceptors (Lipinski definition) is 5. The highest BCUT2D eigenvalue weighted by atomic mass is 79.9. The van der Waals surface area contributed by atoms with Gasteiger partial charge in [-0.3, -0.25) is 0 Å². The van der Waals surface area contributed by atoms with Crippen LogP contribution < -0.4 is 0 Å². The van der Waals surface area contributed by atoms with E-state index in [4.69, 9.17) is 4.52 Å². The molecule has 0 N–H and O–H groups in total. The number of aromatic nitrogens is 2. The molecule has 0 aliphatic carbocycles. The fourth-order valence-electron chi connectivity index (χ4n) is 1.79. The minimum Gasteiger partial charge on any atom is -0.338 e. The van der Waals surface area contributed by atoms with E-state index in [9.17, 15) is 12.8 Å². The molecule has 2 aromatic rings. The third kappa shape index (κ3) is 3.73. The molecular formula is C14H16BrFN2O3S. The average molecular weight is 391 g/mol. The highest BCUT2D eigenvalue weighted by molar-refractivity contribution is 9.10. The van der Waals surface area contributed by atoms with Crippen molar-refractivity contribution in [3.8, 4) is 0 Å². The van der Waals surface area contributed by atoms with E-state index in [1.54, 1.807) is 0 Å². The molecule has 0 radical (unpaired) electrons. The quantitative estimate of drug-likeness (QED) is 0.776. The van der Waals surface area contributed by atoms with Crippen LogP contribution in [0.2, 0.25) is 0 Å². The van der Waals surface area contributed by atoms with Gasteiger partial charge in [-0.2, -0.15) is 4.98 Å². The van der Waals surface area contributed by atoms with Crippen molar-refractivity contribution in [3.63, 3.8) is 0 Å². The molecule has 0 saturated heterocycles. The summed E-state index contributed by atoms with van der Waals surface area (Å²) in [5, 5.41) is 2.86. The maximum absolute atomic E-state index is 13.2. The van der Waals surface area contributed by atoms with Crippen LogP contribution in [0.15, 0.2) is 27.2 Å². The molecule has 1 atom stereocenters. The van der Waals surface area contributed by atoms with Gasteiger partial charge in [0, 0.05) is 5.92 Å². The molecule has 0 fully saturated rings. The number of sulfone groups is 1. The summed E-state index contributed by atoms with van der Waals surface area (Å²) in [6.45, 7) is 5.29. The summed E-state index contributed by atoms with van der Waals surface area (Å²) >= 11 is 3.04. The number of nitrogens with zero attached hydrogens (tertiary/aromatic N) is 2. The van der Waals surface area contributed by atoms with Crippen LogP contribution in [0.5, 0.6) is 0 Å². The van der Waals surface area contributed by atoms with Gasteiger partial charge >= 0.3 is 0 Å². The fraction of sp³-hybridized carbons (Fsp3) is 0.429. The lowest BCUT2D eigenvalue weighted by Gasteiger charge is -2.09. The second-order valence-corrected chi connectivity index (χ2v) is 8.52. The zero-order valence-corrected chi connectivity index (χ0v) is 14.8. The Balaban J connectivity index is 2.22. The lowest BCUT2D eigenvalue weighted by Crippen LogP contribution is -2.13. The van der Waals surface area contributed by atoms with Crippen molar-refractivity contribution < 1.29 is 17.3 Å². The van der Waals surface area contributed by atoms with E-state index in [1.165, 1.54) is 25.1 Å². The minimum atomic E-state index is -3.55. The van der Waals surface area contributed by atoms with Gasteiger partial charge in [0.15, 0.2) is 15.7 Å². The van der Waals surface area contributed by atoms with Crippen molar-refractivity contribution >= 4 is 25.8 Å². The molecule has 0 spiro atoms. The van der Waals surface area contributed by atoms with Crippen LogP contribution in [0.3, 0.4) is 0 Å². The Labute approximate surface area is 137 Å². The predicted molar refractivity (Wildman–Crippen MR) is 83.5 cm³/mol. The summed E-state index contributed by atoms with van der Waals surface area (Å²) in [5.41, 5.74) is 0.490. The molecule has 0 aliphatic heterocycles. The third-order valence-corrected chi connectivity index (χ3v) is 5.83. The first-order valence-electron chi connectivity index (χ1n) is 6.69. The molecule has 120 valence electrons. The first kappa shape index (κ1) is 17.1. The Morgan fingerprint density at radius 1 is 1.32 bits per heavy atom. The number of hydrogen-bond donors (Lipinski definition) is 0. The molecule has 5 nitrogen and oxygen atoms in total. The number of benzene rings is 1. The fourth-order valence-corrected chi connectivity index (χ4v) is 3.51. The van der Waals surface area contributed by atoms with Crippen molar-refractivity contribution in [2.75, 3.05) is 0 Å². The molecule has 0 amide bonds. The van der Waals surface area contributed by atoms with E-state index in [2.05, 4.69) is 26.1 Å². The molecule has 2 rings (SSSR count). The van der Waals surface area contributed by atoms with Crippen LogP contribution in [-0.2, 0) is 15.6 Å². The number of rotatable bonds is 5. The Bertz CT molecular complexity index is 774. The van der Waals surface area contributed by atoms with E-state index in [1.807, 2.05) is 13.8 Å². The predicted octanol–water partition coefficient (Wildman–Crippen LogP) is 3.77. The standard InChI is InChI=1S/C14H16BrFN2O3S/c1-8(2)13-17-14(21-18-13)9(3)22(19,20)7-10-4-5-12(16)11(15)6-10/h4-6,8-9H,7H2,1-3H3. The average Bonchev–Trinajstić information content (AvgIpc) is 2.91. The summed E-state index contributed by atoms with van der Waals surface area (Å²) in [6, 6.07) is 4.12. The second-order valence-electron chi connectivity index (χ2n) is 5.34. The van der Waals surface area contributed by atoms with Gasteiger partial charge in [0.25, 0.3) is 0 Å². The van der Waals surface area contributed by atoms with Gasteiger partial charge in [-0.05, 0) is 40.5 Å². The van der Waals surface area contributed by atoms with Crippen LogP contribution in [0.1, 0.15) is 49.2 Å².